The molecule has 0 aliphatic carbocycles. The third-order valence-electron chi connectivity index (χ3n) is 4.32. The number of nitrogens with one attached hydrogen (secondary N) is 3. The van der Waals surface area contributed by atoms with E-state index >= 15 is 0 Å². The van der Waals surface area contributed by atoms with Gasteiger partial charge in [0.2, 0.25) is 11.7 Å². The smallest absolute Gasteiger partial charge is 0.328 e. The van der Waals surface area contributed by atoms with Crippen LogP contribution < -0.4 is 15.5 Å². The average Bonchev–Trinajstić information content (AvgIpc) is 3.24. The molecule has 1 saturated heterocycles. The van der Waals surface area contributed by atoms with E-state index in [0.717, 1.165) is 0 Å². The normalized spacial score (nSPS) is 13.9. The molecular formula is C18H15N7O4. The summed E-state index contributed by atoms with van der Waals surface area (Å²) in [6.45, 7) is 0.225. The Kier molecular flexibility index (Phi) is 4.61. The molecule has 0 saturated carbocycles. The summed E-state index contributed by atoms with van der Waals surface area (Å²) < 4.78 is 0. The van der Waals surface area contributed by atoms with Crippen LogP contribution in [0.3, 0.4) is 0 Å². The number of carbonyl (C=O) groups is 3. The number of tetrazole rings is 1. The van der Waals surface area contributed by atoms with Crippen molar-refractivity contribution in [2.45, 2.75) is 6.42 Å². The lowest BCUT2D eigenvalue weighted by atomic mass is 10.1. The van der Waals surface area contributed by atoms with Gasteiger partial charge in [-0.05, 0) is 41.6 Å². The molecule has 0 bridgehead atoms. The molecule has 4 N–H and O–H groups in total. The number of hydrogen-bond donors (Lipinski definition) is 4. The zero-order valence-corrected chi connectivity index (χ0v) is 14.9. The summed E-state index contributed by atoms with van der Waals surface area (Å²) in [5, 5.41) is 28.5. The van der Waals surface area contributed by atoms with Crippen LogP contribution in [-0.4, -0.2) is 50.1 Å². The fraction of sp³-hybridized carbons (Fsp3) is 0.111. The number of hydrogen-bond acceptors (Lipinski definition) is 7. The van der Waals surface area contributed by atoms with Gasteiger partial charge in [0.15, 0.2) is 0 Å². The number of imide groups is 1. The first kappa shape index (κ1) is 18.1. The predicted octanol–water partition coefficient (Wildman–Crippen LogP) is 1.27. The molecule has 0 unspecified atom stereocenters. The third-order valence-corrected chi connectivity index (χ3v) is 4.32. The molecule has 0 spiro atoms. The highest BCUT2D eigenvalue weighted by atomic mass is 16.3. The molecule has 1 aromatic heterocycles. The van der Waals surface area contributed by atoms with Crippen LogP contribution in [0.2, 0.25) is 0 Å². The van der Waals surface area contributed by atoms with Gasteiger partial charge in [-0.1, -0.05) is 6.07 Å². The fourth-order valence-electron chi connectivity index (χ4n) is 2.88. The number of nitrogens with zero attached hydrogens (tertiary/aromatic N) is 4. The minimum Gasteiger partial charge on any atom is -0.506 e. The number of rotatable bonds is 4. The van der Waals surface area contributed by atoms with Crippen molar-refractivity contribution in [3.63, 3.8) is 0 Å². The van der Waals surface area contributed by atoms with Gasteiger partial charge in [0.05, 0.1) is 5.69 Å². The number of phenols is 1. The Labute approximate surface area is 163 Å². The van der Waals surface area contributed by atoms with Crippen LogP contribution in [0.1, 0.15) is 16.8 Å². The van der Waals surface area contributed by atoms with Crippen LogP contribution in [0, 0.1) is 0 Å². The van der Waals surface area contributed by atoms with Crippen molar-refractivity contribution in [3.05, 3.63) is 48.0 Å². The number of aromatic nitrogens is 4. The maximum atomic E-state index is 12.7. The van der Waals surface area contributed by atoms with E-state index in [1.807, 2.05) is 0 Å². The molecule has 3 aromatic rings. The van der Waals surface area contributed by atoms with Crippen molar-refractivity contribution in [2.24, 2.45) is 0 Å². The zero-order chi connectivity index (χ0) is 20.4. The Morgan fingerprint density at radius 3 is 2.79 bits per heavy atom. The molecule has 0 radical (unpaired) electrons. The Morgan fingerprint density at radius 1 is 1.17 bits per heavy atom. The van der Waals surface area contributed by atoms with Crippen LogP contribution in [-0.2, 0) is 4.79 Å². The van der Waals surface area contributed by atoms with E-state index in [4.69, 9.17) is 0 Å². The van der Waals surface area contributed by atoms with Crippen molar-refractivity contribution < 1.29 is 19.5 Å². The second-order valence-corrected chi connectivity index (χ2v) is 6.23. The van der Waals surface area contributed by atoms with Crippen LogP contribution >= 0.6 is 0 Å². The molecule has 4 rings (SSSR count). The van der Waals surface area contributed by atoms with E-state index in [0.29, 0.717) is 17.1 Å². The minimum atomic E-state index is -0.538. The lowest BCUT2D eigenvalue weighted by Crippen LogP contribution is -2.49. The number of benzene rings is 2. The number of aromatic amines is 1. The Morgan fingerprint density at radius 2 is 2.03 bits per heavy atom. The molecule has 4 amide bonds. The van der Waals surface area contributed by atoms with Gasteiger partial charge in [-0.25, -0.2) is 4.79 Å². The van der Waals surface area contributed by atoms with Gasteiger partial charge in [-0.15, -0.1) is 10.2 Å². The number of amides is 4. The van der Waals surface area contributed by atoms with Crippen LogP contribution in [0.25, 0.3) is 11.4 Å². The van der Waals surface area contributed by atoms with Crippen LogP contribution in [0.5, 0.6) is 5.75 Å². The monoisotopic (exact) mass is 393 g/mol. The summed E-state index contributed by atoms with van der Waals surface area (Å²) in [5.74, 6) is -0.637. The van der Waals surface area contributed by atoms with Crippen molar-refractivity contribution in [2.75, 3.05) is 16.8 Å². The molecule has 1 aliphatic rings. The first-order valence-corrected chi connectivity index (χ1v) is 8.61. The summed E-state index contributed by atoms with van der Waals surface area (Å²) in [6.07, 6.45) is 0.179. The molecule has 1 aliphatic heterocycles. The highest BCUT2D eigenvalue weighted by Crippen LogP contribution is 2.29. The van der Waals surface area contributed by atoms with Crippen molar-refractivity contribution in [1.82, 2.24) is 25.9 Å². The van der Waals surface area contributed by atoms with Gasteiger partial charge < -0.3 is 10.4 Å². The van der Waals surface area contributed by atoms with E-state index in [-0.39, 0.29) is 35.9 Å². The first-order valence-electron chi connectivity index (χ1n) is 8.61. The highest BCUT2D eigenvalue weighted by Gasteiger charge is 2.24. The second-order valence-electron chi connectivity index (χ2n) is 6.23. The van der Waals surface area contributed by atoms with E-state index < -0.39 is 11.9 Å². The summed E-state index contributed by atoms with van der Waals surface area (Å²) in [6, 6.07) is 10.4. The minimum absolute atomic E-state index is 0.129. The first-order chi connectivity index (χ1) is 14.0. The van der Waals surface area contributed by atoms with Gasteiger partial charge in [0.1, 0.15) is 5.75 Å². The second kappa shape index (κ2) is 7.38. The Hall–Kier alpha value is -4.28. The van der Waals surface area contributed by atoms with Crippen molar-refractivity contribution in [1.29, 1.82) is 0 Å². The van der Waals surface area contributed by atoms with Crippen LogP contribution in [0.15, 0.2) is 42.5 Å². The SMILES string of the molecule is O=C1CCN(c2cccc(C(=O)Nc3cc(-c4nn[nH]n4)ccc3O)c2)C(=O)N1. The number of H-pyrrole nitrogens is 1. The molecule has 2 heterocycles. The largest absolute Gasteiger partial charge is 0.506 e. The van der Waals surface area contributed by atoms with Crippen molar-refractivity contribution >= 4 is 29.2 Å². The predicted molar refractivity (Wildman–Crippen MR) is 101 cm³/mol. The summed E-state index contributed by atoms with van der Waals surface area (Å²) in [7, 11) is 0. The lowest BCUT2D eigenvalue weighted by Gasteiger charge is -2.26. The molecule has 11 heteroatoms. The van der Waals surface area contributed by atoms with E-state index in [2.05, 4.69) is 31.3 Å². The molecule has 11 nitrogen and oxygen atoms in total. The Balaban J connectivity index is 1.56. The molecule has 2 aromatic carbocycles. The summed E-state index contributed by atoms with van der Waals surface area (Å²) in [4.78, 5) is 37.4. The number of aromatic hydroxyl groups is 1. The van der Waals surface area contributed by atoms with E-state index in [1.165, 1.54) is 23.1 Å². The van der Waals surface area contributed by atoms with E-state index in [1.54, 1.807) is 24.3 Å². The number of phenolic OH excluding ortho intramolecular Hbond substituents is 1. The maximum absolute atomic E-state index is 12.7. The molecule has 1 fully saturated rings. The zero-order valence-electron chi connectivity index (χ0n) is 14.9. The molecular weight excluding hydrogens is 378 g/mol. The topological polar surface area (TPSA) is 153 Å². The molecule has 146 valence electrons. The standard InChI is InChI=1S/C18H15N7O4/c26-14-5-4-10(16-21-23-24-22-16)9-13(14)19-17(28)11-2-1-3-12(8-11)25-7-6-15(27)20-18(25)29/h1-5,8-9,26H,6-7H2,(H,19,28)(H,20,27,29)(H,21,22,23,24). The van der Waals surface area contributed by atoms with Gasteiger partial charge in [0.25, 0.3) is 5.91 Å². The van der Waals surface area contributed by atoms with Gasteiger partial charge in [-0.3, -0.25) is 19.8 Å². The van der Waals surface area contributed by atoms with Gasteiger partial charge in [-0.2, -0.15) is 5.21 Å². The Bertz CT molecular complexity index is 1100. The highest BCUT2D eigenvalue weighted by molar-refractivity contribution is 6.08. The quantitative estimate of drug-likeness (QED) is 0.487. The number of anilines is 2. The third kappa shape index (κ3) is 3.74. The molecule has 29 heavy (non-hydrogen) atoms. The fourth-order valence-corrected chi connectivity index (χ4v) is 2.88. The van der Waals surface area contributed by atoms with Gasteiger partial charge >= 0.3 is 6.03 Å². The van der Waals surface area contributed by atoms with E-state index in [9.17, 15) is 19.5 Å². The summed E-state index contributed by atoms with van der Waals surface area (Å²) in [5.41, 5.74) is 1.48. The number of carbonyl (C=O) groups excluding carboxylic acids is 3. The van der Waals surface area contributed by atoms with Crippen LogP contribution in [0.4, 0.5) is 16.2 Å². The molecule has 0 atom stereocenters. The maximum Gasteiger partial charge on any atom is 0.328 e. The van der Waals surface area contributed by atoms with Gasteiger partial charge in [0, 0.05) is 29.8 Å². The summed E-state index contributed by atoms with van der Waals surface area (Å²) >= 11 is 0. The number of urea groups is 1. The lowest BCUT2D eigenvalue weighted by molar-refractivity contribution is -0.120. The average molecular weight is 393 g/mol. The van der Waals surface area contributed by atoms with Crippen molar-refractivity contribution in [3.8, 4) is 17.1 Å².